The van der Waals surface area contributed by atoms with Crippen molar-refractivity contribution in [1.82, 2.24) is 0 Å². The number of carbonyl (C=O) groups is 7. The lowest BCUT2D eigenvalue weighted by Gasteiger charge is -2.19. The first-order valence-electron chi connectivity index (χ1n) is 12.8. The summed E-state index contributed by atoms with van der Waals surface area (Å²) in [5.74, 6) is -7.63. The van der Waals surface area contributed by atoms with Gasteiger partial charge in [-0.05, 0) is 65.8 Å². The van der Waals surface area contributed by atoms with Gasteiger partial charge in [-0.15, -0.1) is 0 Å². The zero-order chi connectivity index (χ0) is 29.7. The summed E-state index contributed by atoms with van der Waals surface area (Å²) in [6.45, 7) is 9.65. The first-order chi connectivity index (χ1) is 18.5. The van der Waals surface area contributed by atoms with Crippen LogP contribution in [-0.4, -0.2) is 64.9 Å². The molecule has 0 aliphatic heterocycles. The van der Waals surface area contributed by atoms with E-state index in [0.29, 0.717) is 0 Å². The average molecular weight is 547 g/mol. The van der Waals surface area contributed by atoms with Crippen LogP contribution in [0, 0.1) is 11.8 Å². The van der Waals surface area contributed by atoms with Gasteiger partial charge in [0.05, 0.1) is 11.2 Å². The Balaban J connectivity index is 1.56. The Morgan fingerprint density at radius 1 is 0.575 bits per heavy atom. The molecule has 2 aromatic carbocycles. The number of ketones is 7. The highest BCUT2D eigenvalue weighted by atomic mass is 16.5. The lowest BCUT2D eigenvalue weighted by Crippen LogP contribution is -2.32. The zero-order valence-corrected chi connectivity index (χ0v) is 23.2. The quantitative estimate of drug-likeness (QED) is 0.358. The molecular formula is C31H30O9. The molecule has 2 aromatic rings. The van der Waals surface area contributed by atoms with Crippen molar-refractivity contribution in [2.24, 2.45) is 11.8 Å². The molecule has 9 nitrogen and oxygen atoms in total. The Kier molecular flexibility index (Phi) is 7.42. The van der Waals surface area contributed by atoms with Crippen molar-refractivity contribution in [3.05, 3.63) is 69.8 Å². The van der Waals surface area contributed by atoms with Gasteiger partial charge in [0.25, 0.3) is 0 Å². The fraction of sp³-hybridized carbons (Fsp3) is 0.387. The van der Waals surface area contributed by atoms with E-state index in [4.69, 9.17) is 9.47 Å². The summed E-state index contributed by atoms with van der Waals surface area (Å²) in [5.41, 5.74) is -1.15. The Morgan fingerprint density at radius 3 is 1.23 bits per heavy atom. The molecule has 2 atom stereocenters. The number of ether oxygens (including phenoxy) is 2. The van der Waals surface area contributed by atoms with Crippen molar-refractivity contribution >= 4 is 40.5 Å². The number of Topliss-reactive ketones (excluding diaryl/α,β-unsaturated/α-hetero) is 6. The molecule has 0 N–H and O–H groups in total. The lowest BCUT2D eigenvalue weighted by atomic mass is 9.96. The molecule has 0 saturated carbocycles. The molecule has 9 heteroatoms. The van der Waals surface area contributed by atoms with Crippen molar-refractivity contribution in [1.29, 1.82) is 0 Å². The molecule has 0 aromatic heterocycles. The van der Waals surface area contributed by atoms with Crippen LogP contribution in [0.15, 0.2) is 36.4 Å². The first-order valence-corrected chi connectivity index (χ1v) is 12.8. The van der Waals surface area contributed by atoms with Crippen LogP contribution in [0.3, 0.4) is 0 Å². The summed E-state index contributed by atoms with van der Waals surface area (Å²) in [7, 11) is 0. The molecule has 0 amide bonds. The number of hydrogen-bond acceptors (Lipinski definition) is 9. The first kappa shape index (κ1) is 29.0. The highest BCUT2D eigenvalue weighted by Crippen LogP contribution is 2.32. The topological polar surface area (TPSA) is 138 Å². The standard InChI is InChI=1S/C31H30O9/c1-30(2,3)39-13-21(32)23-26(35)17-9-7-15(11-19(17)28(23)37)25(34)16-8-10-18-20(12-16)29(38)24(27(18)36)22(33)14-40-31(4,5)6/h7-12,23-24H,13-14H2,1-6H3. The summed E-state index contributed by atoms with van der Waals surface area (Å²) >= 11 is 0. The smallest absolute Gasteiger partial charge is 0.193 e. The van der Waals surface area contributed by atoms with Gasteiger partial charge < -0.3 is 9.47 Å². The van der Waals surface area contributed by atoms with Crippen LogP contribution in [0.4, 0.5) is 0 Å². The third-order valence-electron chi connectivity index (χ3n) is 6.61. The third kappa shape index (κ3) is 5.52. The number of hydrogen-bond donors (Lipinski definition) is 0. The molecule has 4 rings (SSSR count). The highest BCUT2D eigenvalue weighted by molar-refractivity contribution is 6.37. The van der Waals surface area contributed by atoms with Crippen LogP contribution in [0.1, 0.15) is 98.9 Å². The van der Waals surface area contributed by atoms with Crippen LogP contribution < -0.4 is 0 Å². The van der Waals surface area contributed by atoms with E-state index in [2.05, 4.69) is 0 Å². The van der Waals surface area contributed by atoms with Gasteiger partial charge in [-0.25, -0.2) is 0 Å². The minimum Gasteiger partial charge on any atom is -0.368 e. The molecule has 0 bridgehead atoms. The predicted molar refractivity (Wildman–Crippen MR) is 142 cm³/mol. The van der Waals surface area contributed by atoms with Gasteiger partial charge in [0, 0.05) is 33.4 Å². The molecule has 0 fully saturated rings. The molecule has 0 radical (unpaired) electrons. The fourth-order valence-electron chi connectivity index (χ4n) is 4.56. The van der Waals surface area contributed by atoms with E-state index < -0.39 is 76.7 Å². The van der Waals surface area contributed by atoms with E-state index in [1.54, 1.807) is 41.5 Å². The van der Waals surface area contributed by atoms with E-state index in [0.717, 1.165) is 0 Å². The molecule has 0 spiro atoms. The summed E-state index contributed by atoms with van der Waals surface area (Å²) in [4.78, 5) is 90.2. The molecule has 2 aliphatic carbocycles. The maximum absolute atomic E-state index is 13.3. The lowest BCUT2D eigenvalue weighted by molar-refractivity contribution is -0.130. The fourth-order valence-corrected chi connectivity index (χ4v) is 4.56. The van der Waals surface area contributed by atoms with Crippen LogP contribution in [0.25, 0.3) is 0 Å². The van der Waals surface area contributed by atoms with Crippen molar-refractivity contribution in [3.8, 4) is 0 Å². The van der Waals surface area contributed by atoms with Crippen LogP contribution in [-0.2, 0) is 19.1 Å². The normalized spacial score (nSPS) is 18.6. The Morgan fingerprint density at radius 2 is 0.900 bits per heavy atom. The second-order valence-electron chi connectivity index (χ2n) is 11.9. The minimum atomic E-state index is -1.52. The van der Waals surface area contributed by atoms with Crippen LogP contribution in [0.2, 0.25) is 0 Å². The van der Waals surface area contributed by atoms with E-state index in [9.17, 15) is 33.6 Å². The highest BCUT2D eigenvalue weighted by Gasteiger charge is 2.45. The van der Waals surface area contributed by atoms with E-state index in [1.807, 2.05) is 0 Å². The van der Waals surface area contributed by atoms with Gasteiger partial charge in [-0.1, -0.05) is 12.1 Å². The van der Waals surface area contributed by atoms with Crippen molar-refractivity contribution in [2.75, 3.05) is 13.2 Å². The Hall–Kier alpha value is -3.95. The molecule has 0 heterocycles. The second-order valence-corrected chi connectivity index (χ2v) is 11.9. The number of benzene rings is 2. The van der Waals surface area contributed by atoms with Crippen LogP contribution in [0.5, 0.6) is 0 Å². The summed E-state index contributed by atoms with van der Waals surface area (Å²) in [6, 6.07) is 7.89. The summed E-state index contributed by atoms with van der Waals surface area (Å²) in [6.07, 6.45) is 0. The van der Waals surface area contributed by atoms with Gasteiger partial charge in [0.15, 0.2) is 40.5 Å². The monoisotopic (exact) mass is 546 g/mol. The number of rotatable bonds is 8. The largest absolute Gasteiger partial charge is 0.368 e. The van der Waals surface area contributed by atoms with Gasteiger partial charge in [-0.2, -0.15) is 0 Å². The Labute approximate surface area is 231 Å². The third-order valence-corrected chi connectivity index (χ3v) is 6.61. The predicted octanol–water partition coefficient (Wildman–Crippen LogP) is 3.68. The molecule has 40 heavy (non-hydrogen) atoms. The summed E-state index contributed by atoms with van der Waals surface area (Å²) in [5, 5.41) is 0. The van der Waals surface area contributed by atoms with E-state index in [-0.39, 0.29) is 33.4 Å². The maximum atomic E-state index is 13.3. The second kappa shape index (κ2) is 10.2. The van der Waals surface area contributed by atoms with Crippen molar-refractivity contribution in [3.63, 3.8) is 0 Å². The zero-order valence-electron chi connectivity index (χ0n) is 23.2. The van der Waals surface area contributed by atoms with Gasteiger partial charge in [-0.3, -0.25) is 33.6 Å². The van der Waals surface area contributed by atoms with Gasteiger partial charge in [0.1, 0.15) is 25.0 Å². The SMILES string of the molecule is CC(C)(C)OCC(=O)C1C(=O)c2ccc(C(=O)c3ccc4c(c3)C(=O)C(C(=O)COC(C)(C)C)C4=O)cc2C1=O. The number of carbonyl (C=O) groups excluding carboxylic acids is 7. The van der Waals surface area contributed by atoms with Crippen molar-refractivity contribution in [2.45, 2.75) is 52.7 Å². The molecule has 0 saturated heterocycles. The maximum Gasteiger partial charge on any atom is 0.193 e. The van der Waals surface area contributed by atoms with E-state index >= 15 is 0 Å². The molecular weight excluding hydrogens is 516 g/mol. The molecule has 2 unspecified atom stereocenters. The molecule has 2 aliphatic rings. The van der Waals surface area contributed by atoms with Gasteiger partial charge >= 0.3 is 0 Å². The minimum absolute atomic E-state index is 0.0399. The average Bonchev–Trinajstić information content (AvgIpc) is 3.28. The number of fused-ring (bicyclic) bond motifs is 2. The summed E-state index contributed by atoms with van der Waals surface area (Å²) < 4.78 is 10.9. The molecule has 208 valence electrons. The van der Waals surface area contributed by atoms with Crippen molar-refractivity contribution < 1.29 is 43.0 Å². The van der Waals surface area contributed by atoms with Gasteiger partial charge in [0.2, 0.25) is 0 Å². The van der Waals surface area contributed by atoms with E-state index in [1.165, 1.54) is 36.4 Å². The Bertz CT molecular complexity index is 1390. The van der Waals surface area contributed by atoms with Crippen LogP contribution >= 0.6 is 0 Å².